The Labute approximate surface area is 106 Å². The molecule has 0 aliphatic rings. The van der Waals surface area contributed by atoms with Crippen molar-refractivity contribution in [1.82, 2.24) is 5.32 Å². The molecule has 0 aliphatic carbocycles. The van der Waals surface area contributed by atoms with E-state index in [2.05, 4.69) is 10.1 Å². The summed E-state index contributed by atoms with van der Waals surface area (Å²) in [4.78, 5) is 23.1. The molecule has 1 amide bonds. The van der Waals surface area contributed by atoms with Gasteiger partial charge in [-0.25, -0.2) is 4.79 Å². The lowest BCUT2D eigenvalue weighted by molar-refractivity contribution is -0.145. The molecular formula is C13H18N2O3. The average Bonchev–Trinajstić information content (AvgIpc) is 2.35. The normalized spacial score (nSPS) is 11.7. The second-order valence-electron chi connectivity index (χ2n) is 3.97. The highest BCUT2D eigenvalue weighted by Gasteiger charge is 2.19. The SMILES string of the molecule is CCC(NC(=O)Cc1cccc(N)c1)C(=O)OC. The quantitative estimate of drug-likeness (QED) is 0.600. The molecule has 0 saturated heterocycles. The zero-order chi connectivity index (χ0) is 13.5. The van der Waals surface area contributed by atoms with E-state index in [-0.39, 0.29) is 12.3 Å². The van der Waals surface area contributed by atoms with Crippen LogP contribution in [0.1, 0.15) is 18.9 Å². The van der Waals surface area contributed by atoms with Gasteiger partial charge in [0.05, 0.1) is 13.5 Å². The highest BCUT2D eigenvalue weighted by molar-refractivity contribution is 5.85. The van der Waals surface area contributed by atoms with Crippen molar-refractivity contribution in [3.05, 3.63) is 29.8 Å². The second kappa shape index (κ2) is 6.64. The van der Waals surface area contributed by atoms with E-state index in [4.69, 9.17) is 5.73 Å². The van der Waals surface area contributed by atoms with Crippen LogP contribution in [0.4, 0.5) is 5.69 Å². The maximum atomic E-state index is 11.8. The largest absolute Gasteiger partial charge is 0.467 e. The fourth-order valence-corrected chi connectivity index (χ4v) is 1.60. The van der Waals surface area contributed by atoms with Gasteiger partial charge >= 0.3 is 5.97 Å². The average molecular weight is 250 g/mol. The monoisotopic (exact) mass is 250 g/mol. The first kappa shape index (κ1) is 14.0. The molecule has 1 aromatic carbocycles. The fourth-order valence-electron chi connectivity index (χ4n) is 1.60. The van der Waals surface area contributed by atoms with E-state index in [1.165, 1.54) is 7.11 Å². The van der Waals surface area contributed by atoms with Gasteiger partial charge in [0.25, 0.3) is 0 Å². The molecule has 1 unspecified atom stereocenters. The van der Waals surface area contributed by atoms with Crippen LogP contribution >= 0.6 is 0 Å². The van der Waals surface area contributed by atoms with Gasteiger partial charge in [0.15, 0.2) is 0 Å². The second-order valence-corrected chi connectivity index (χ2v) is 3.97. The highest BCUT2D eigenvalue weighted by Crippen LogP contribution is 2.07. The third kappa shape index (κ3) is 4.08. The van der Waals surface area contributed by atoms with Crippen LogP contribution in [0.15, 0.2) is 24.3 Å². The minimum atomic E-state index is -0.594. The summed E-state index contributed by atoms with van der Waals surface area (Å²) in [6.45, 7) is 1.81. The van der Waals surface area contributed by atoms with Crippen molar-refractivity contribution in [2.75, 3.05) is 12.8 Å². The molecule has 0 aromatic heterocycles. The zero-order valence-electron chi connectivity index (χ0n) is 10.6. The lowest BCUT2D eigenvalue weighted by Gasteiger charge is -2.14. The van der Waals surface area contributed by atoms with Crippen molar-refractivity contribution in [2.45, 2.75) is 25.8 Å². The topological polar surface area (TPSA) is 81.4 Å². The Hall–Kier alpha value is -2.04. The Bertz CT molecular complexity index is 432. The molecule has 0 fully saturated rings. The third-order valence-electron chi connectivity index (χ3n) is 2.54. The van der Waals surface area contributed by atoms with E-state index >= 15 is 0 Å². The fraction of sp³-hybridized carbons (Fsp3) is 0.385. The van der Waals surface area contributed by atoms with Crippen LogP contribution in [0, 0.1) is 0 Å². The molecule has 1 rings (SSSR count). The molecule has 5 nitrogen and oxygen atoms in total. The maximum Gasteiger partial charge on any atom is 0.328 e. The number of esters is 1. The Kier molecular flexibility index (Phi) is 5.17. The van der Waals surface area contributed by atoms with E-state index in [1.54, 1.807) is 18.2 Å². The minimum Gasteiger partial charge on any atom is -0.467 e. The van der Waals surface area contributed by atoms with Crippen molar-refractivity contribution < 1.29 is 14.3 Å². The number of carbonyl (C=O) groups excluding carboxylic acids is 2. The van der Waals surface area contributed by atoms with Crippen LogP contribution < -0.4 is 11.1 Å². The minimum absolute atomic E-state index is 0.193. The van der Waals surface area contributed by atoms with Crippen molar-refractivity contribution >= 4 is 17.6 Å². The summed E-state index contributed by atoms with van der Waals surface area (Å²) >= 11 is 0. The Balaban J connectivity index is 2.58. The molecule has 5 heteroatoms. The van der Waals surface area contributed by atoms with Crippen LogP contribution in [0.5, 0.6) is 0 Å². The lowest BCUT2D eigenvalue weighted by atomic mass is 10.1. The molecule has 98 valence electrons. The van der Waals surface area contributed by atoms with Gasteiger partial charge in [0.1, 0.15) is 6.04 Å². The van der Waals surface area contributed by atoms with Gasteiger partial charge in [0, 0.05) is 5.69 Å². The number of nitrogen functional groups attached to an aromatic ring is 1. The third-order valence-corrected chi connectivity index (χ3v) is 2.54. The lowest BCUT2D eigenvalue weighted by Crippen LogP contribution is -2.41. The number of carbonyl (C=O) groups is 2. The number of nitrogens with two attached hydrogens (primary N) is 1. The van der Waals surface area contributed by atoms with Crippen molar-refractivity contribution in [3.63, 3.8) is 0 Å². The molecule has 0 bridgehead atoms. The number of amides is 1. The van der Waals surface area contributed by atoms with Gasteiger partial charge < -0.3 is 15.8 Å². The maximum absolute atomic E-state index is 11.8. The van der Waals surface area contributed by atoms with Gasteiger partial charge in [-0.3, -0.25) is 4.79 Å². The van der Waals surface area contributed by atoms with Gasteiger partial charge in [0.2, 0.25) is 5.91 Å². The molecule has 18 heavy (non-hydrogen) atoms. The highest BCUT2D eigenvalue weighted by atomic mass is 16.5. The van der Waals surface area contributed by atoms with Gasteiger partial charge in [-0.05, 0) is 24.1 Å². The van der Waals surface area contributed by atoms with E-state index < -0.39 is 12.0 Å². The Morgan fingerprint density at radius 3 is 2.72 bits per heavy atom. The molecule has 0 aliphatic heterocycles. The smallest absolute Gasteiger partial charge is 0.328 e. The van der Waals surface area contributed by atoms with Gasteiger partial charge in [-0.15, -0.1) is 0 Å². The number of benzene rings is 1. The van der Waals surface area contributed by atoms with Crippen LogP contribution in [0.2, 0.25) is 0 Å². The summed E-state index contributed by atoms with van der Waals surface area (Å²) in [6.07, 6.45) is 0.688. The van der Waals surface area contributed by atoms with Gasteiger partial charge in [-0.2, -0.15) is 0 Å². The number of rotatable bonds is 5. The van der Waals surface area contributed by atoms with E-state index in [1.807, 2.05) is 13.0 Å². The van der Waals surface area contributed by atoms with E-state index in [0.29, 0.717) is 12.1 Å². The van der Waals surface area contributed by atoms with Crippen LogP contribution in [-0.2, 0) is 20.7 Å². The van der Waals surface area contributed by atoms with E-state index in [0.717, 1.165) is 5.56 Å². The van der Waals surface area contributed by atoms with Crippen LogP contribution in [0.3, 0.4) is 0 Å². The standard InChI is InChI=1S/C13H18N2O3/c1-3-11(13(17)18-2)15-12(16)8-9-5-4-6-10(14)7-9/h4-7,11H,3,8,14H2,1-2H3,(H,15,16). The van der Waals surface area contributed by atoms with Gasteiger partial charge in [-0.1, -0.05) is 19.1 Å². The summed E-state index contributed by atoms with van der Waals surface area (Å²) in [5, 5.41) is 2.63. The molecular weight excluding hydrogens is 232 g/mol. The predicted octanol–water partition coefficient (Wildman–Crippen LogP) is 0.879. The summed E-state index contributed by atoms with van der Waals surface area (Å²) in [5.74, 6) is -0.656. The Morgan fingerprint density at radius 1 is 1.44 bits per heavy atom. The number of ether oxygens (including phenoxy) is 1. The first-order valence-electron chi connectivity index (χ1n) is 5.78. The number of hydrogen-bond acceptors (Lipinski definition) is 4. The summed E-state index contributed by atoms with van der Waals surface area (Å²) < 4.78 is 4.60. The Morgan fingerprint density at radius 2 is 2.17 bits per heavy atom. The van der Waals surface area contributed by atoms with Crippen molar-refractivity contribution in [2.24, 2.45) is 0 Å². The molecule has 0 spiro atoms. The van der Waals surface area contributed by atoms with E-state index in [9.17, 15) is 9.59 Å². The molecule has 1 atom stereocenters. The predicted molar refractivity (Wildman–Crippen MR) is 68.8 cm³/mol. The molecule has 0 saturated carbocycles. The molecule has 1 aromatic rings. The molecule has 0 heterocycles. The van der Waals surface area contributed by atoms with Crippen molar-refractivity contribution in [3.8, 4) is 0 Å². The molecule has 0 radical (unpaired) electrons. The molecule has 3 N–H and O–H groups in total. The van der Waals surface area contributed by atoms with Crippen LogP contribution in [-0.4, -0.2) is 25.0 Å². The number of anilines is 1. The number of nitrogens with one attached hydrogen (secondary N) is 1. The first-order chi connectivity index (χ1) is 8.56. The number of methoxy groups -OCH3 is 1. The number of hydrogen-bond donors (Lipinski definition) is 2. The summed E-state index contributed by atoms with van der Waals surface area (Å²) in [5.41, 5.74) is 7.05. The summed E-state index contributed by atoms with van der Waals surface area (Å²) in [7, 11) is 1.30. The summed E-state index contributed by atoms with van der Waals surface area (Å²) in [6, 6.07) is 6.50. The first-order valence-corrected chi connectivity index (χ1v) is 5.78. The zero-order valence-corrected chi connectivity index (χ0v) is 10.6. The van der Waals surface area contributed by atoms with Crippen LogP contribution in [0.25, 0.3) is 0 Å². The van der Waals surface area contributed by atoms with Crippen molar-refractivity contribution in [1.29, 1.82) is 0 Å².